The van der Waals surface area contributed by atoms with Gasteiger partial charge in [-0.1, -0.05) is 23.7 Å². The Morgan fingerprint density at radius 2 is 1.59 bits per heavy atom. The van der Waals surface area contributed by atoms with E-state index >= 15 is 0 Å². The Balaban J connectivity index is 1.94. The van der Waals surface area contributed by atoms with Crippen molar-refractivity contribution in [3.63, 3.8) is 0 Å². The predicted molar refractivity (Wildman–Crippen MR) is 85.2 cm³/mol. The van der Waals surface area contributed by atoms with Crippen LogP contribution in [0.5, 0.6) is 0 Å². The molecule has 0 aliphatic carbocycles. The lowest BCUT2D eigenvalue weighted by Gasteiger charge is -2.35. The van der Waals surface area contributed by atoms with Crippen LogP contribution in [0.15, 0.2) is 24.3 Å². The highest BCUT2D eigenvalue weighted by Crippen LogP contribution is 2.18. The zero-order chi connectivity index (χ0) is 16.3. The van der Waals surface area contributed by atoms with Crippen LogP contribution in [-0.2, 0) is 4.74 Å². The lowest BCUT2D eigenvalue weighted by atomic mass is 10.2. The molecule has 1 heterocycles. The summed E-state index contributed by atoms with van der Waals surface area (Å²) in [5.74, 6) is -0.102. The van der Waals surface area contributed by atoms with Gasteiger partial charge in [-0.05, 0) is 32.9 Å². The van der Waals surface area contributed by atoms with Crippen LogP contribution in [0.2, 0.25) is 5.02 Å². The number of hydrogen-bond donors (Lipinski definition) is 0. The molecule has 22 heavy (non-hydrogen) atoms. The maximum absolute atomic E-state index is 12.4. The zero-order valence-corrected chi connectivity index (χ0v) is 13.9. The number of rotatable bonds is 1. The molecule has 120 valence electrons. The van der Waals surface area contributed by atoms with Crippen molar-refractivity contribution in [3.8, 4) is 0 Å². The topological polar surface area (TPSA) is 49.9 Å². The third kappa shape index (κ3) is 4.13. The van der Waals surface area contributed by atoms with Gasteiger partial charge in [0.2, 0.25) is 0 Å². The van der Waals surface area contributed by atoms with Crippen LogP contribution in [0.3, 0.4) is 0 Å². The van der Waals surface area contributed by atoms with Gasteiger partial charge in [0.05, 0.1) is 10.6 Å². The molecule has 1 aromatic carbocycles. The van der Waals surface area contributed by atoms with Crippen LogP contribution in [0.1, 0.15) is 31.1 Å². The van der Waals surface area contributed by atoms with Crippen LogP contribution >= 0.6 is 11.6 Å². The Labute approximate surface area is 135 Å². The van der Waals surface area contributed by atoms with Gasteiger partial charge in [-0.3, -0.25) is 4.79 Å². The second-order valence-electron chi connectivity index (χ2n) is 6.24. The Bertz CT molecular complexity index is 561. The van der Waals surface area contributed by atoms with E-state index in [4.69, 9.17) is 16.3 Å². The van der Waals surface area contributed by atoms with Gasteiger partial charge in [0.15, 0.2) is 0 Å². The molecule has 0 spiro atoms. The summed E-state index contributed by atoms with van der Waals surface area (Å²) in [5.41, 5.74) is -0.0170. The molecule has 5 nitrogen and oxygen atoms in total. The Hall–Kier alpha value is -1.75. The lowest BCUT2D eigenvalue weighted by molar-refractivity contribution is 0.0141. The van der Waals surface area contributed by atoms with Crippen LogP contribution in [0, 0.1) is 0 Å². The molecule has 0 bridgehead atoms. The Kier molecular flexibility index (Phi) is 4.96. The largest absolute Gasteiger partial charge is 0.444 e. The normalized spacial score (nSPS) is 15.6. The average molecular weight is 325 g/mol. The van der Waals surface area contributed by atoms with E-state index in [1.807, 2.05) is 20.8 Å². The van der Waals surface area contributed by atoms with Gasteiger partial charge in [-0.2, -0.15) is 0 Å². The highest BCUT2D eigenvalue weighted by molar-refractivity contribution is 6.33. The highest BCUT2D eigenvalue weighted by atomic mass is 35.5. The number of nitrogens with zero attached hydrogens (tertiary/aromatic N) is 2. The smallest absolute Gasteiger partial charge is 0.410 e. The van der Waals surface area contributed by atoms with E-state index in [-0.39, 0.29) is 12.0 Å². The first-order valence-electron chi connectivity index (χ1n) is 7.29. The molecule has 1 saturated heterocycles. The van der Waals surface area contributed by atoms with Gasteiger partial charge in [0.1, 0.15) is 5.60 Å². The molecular formula is C16H21ClN2O3. The van der Waals surface area contributed by atoms with Gasteiger partial charge in [0, 0.05) is 26.2 Å². The van der Waals surface area contributed by atoms with Crippen molar-refractivity contribution < 1.29 is 14.3 Å². The molecule has 1 aliphatic heterocycles. The quantitative estimate of drug-likeness (QED) is 0.798. The van der Waals surface area contributed by atoms with Gasteiger partial charge >= 0.3 is 6.09 Å². The number of carbonyl (C=O) groups excluding carboxylic acids is 2. The molecule has 0 unspecified atom stereocenters. The molecule has 6 heteroatoms. The Morgan fingerprint density at radius 1 is 1.05 bits per heavy atom. The number of hydrogen-bond acceptors (Lipinski definition) is 3. The molecular weight excluding hydrogens is 304 g/mol. The van der Waals surface area contributed by atoms with E-state index in [1.54, 1.807) is 34.1 Å². The molecule has 1 fully saturated rings. The van der Waals surface area contributed by atoms with Crippen molar-refractivity contribution in [1.82, 2.24) is 9.80 Å². The van der Waals surface area contributed by atoms with E-state index in [1.165, 1.54) is 0 Å². The molecule has 0 aromatic heterocycles. The van der Waals surface area contributed by atoms with Crippen LogP contribution < -0.4 is 0 Å². The van der Waals surface area contributed by atoms with Gasteiger partial charge in [-0.25, -0.2) is 4.79 Å². The maximum atomic E-state index is 12.4. The van der Waals surface area contributed by atoms with Crippen molar-refractivity contribution in [3.05, 3.63) is 34.9 Å². The third-order valence-corrected chi connectivity index (χ3v) is 3.65. The number of carbonyl (C=O) groups is 2. The van der Waals surface area contributed by atoms with Crippen molar-refractivity contribution in [2.45, 2.75) is 26.4 Å². The van der Waals surface area contributed by atoms with Crippen LogP contribution in [0.25, 0.3) is 0 Å². The molecule has 0 N–H and O–H groups in total. The van der Waals surface area contributed by atoms with Crippen LogP contribution in [0.4, 0.5) is 4.79 Å². The van der Waals surface area contributed by atoms with E-state index in [0.717, 1.165) is 0 Å². The molecule has 1 aliphatic rings. The lowest BCUT2D eigenvalue weighted by Crippen LogP contribution is -2.51. The molecule has 2 amide bonds. The summed E-state index contributed by atoms with van der Waals surface area (Å²) in [6, 6.07) is 6.99. The minimum atomic E-state index is -0.512. The summed E-state index contributed by atoms with van der Waals surface area (Å²) in [7, 11) is 0. The summed E-state index contributed by atoms with van der Waals surface area (Å²) in [5, 5.41) is 0.446. The second kappa shape index (κ2) is 6.57. The van der Waals surface area contributed by atoms with Gasteiger partial charge < -0.3 is 14.5 Å². The number of amides is 2. The molecule has 0 atom stereocenters. The fourth-order valence-corrected chi connectivity index (χ4v) is 2.44. The number of ether oxygens (including phenoxy) is 1. The van der Waals surface area contributed by atoms with Crippen LogP contribution in [-0.4, -0.2) is 53.6 Å². The SMILES string of the molecule is CC(C)(C)OC(=O)N1CCN(C(=O)c2ccccc2Cl)CC1. The standard InChI is InChI=1S/C16H21ClN2O3/c1-16(2,3)22-15(21)19-10-8-18(9-11-19)14(20)12-6-4-5-7-13(12)17/h4-7H,8-11H2,1-3H3. The van der Waals surface area contributed by atoms with Crippen molar-refractivity contribution in [2.75, 3.05) is 26.2 Å². The molecule has 0 saturated carbocycles. The summed E-state index contributed by atoms with van der Waals surface area (Å²) < 4.78 is 5.34. The predicted octanol–water partition coefficient (Wildman–Crippen LogP) is 3.03. The van der Waals surface area contributed by atoms with Gasteiger partial charge in [0.25, 0.3) is 5.91 Å². The van der Waals surface area contributed by atoms with Crippen molar-refractivity contribution >= 4 is 23.6 Å². The molecule has 0 radical (unpaired) electrons. The first-order valence-corrected chi connectivity index (χ1v) is 7.67. The van der Waals surface area contributed by atoms with E-state index in [9.17, 15) is 9.59 Å². The van der Waals surface area contributed by atoms with Gasteiger partial charge in [-0.15, -0.1) is 0 Å². The zero-order valence-electron chi connectivity index (χ0n) is 13.1. The number of piperazine rings is 1. The molecule has 2 rings (SSSR count). The number of halogens is 1. The second-order valence-corrected chi connectivity index (χ2v) is 6.65. The van der Waals surface area contributed by atoms with E-state index in [2.05, 4.69) is 0 Å². The average Bonchev–Trinajstić information content (AvgIpc) is 2.45. The maximum Gasteiger partial charge on any atom is 0.410 e. The van der Waals surface area contributed by atoms with Crippen molar-refractivity contribution in [2.24, 2.45) is 0 Å². The minimum Gasteiger partial charge on any atom is -0.444 e. The van der Waals surface area contributed by atoms with E-state index in [0.29, 0.717) is 36.8 Å². The Morgan fingerprint density at radius 3 is 2.14 bits per heavy atom. The first-order chi connectivity index (χ1) is 10.3. The molecule has 1 aromatic rings. The number of benzene rings is 1. The third-order valence-electron chi connectivity index (χ3n) is 3.32. The summed E-state index contributed by atoms with van der Waals surface area (Å²) in [6.45, 7) is 7.38. The fraction of sp³-hybridized carbons (Fsp3) is 0.500. The summed E-state index contributed by atoms with van der Waals surface area (Å²) in [6.07, 6.45) is -0.336. The van der Waals surface area contributed by atoms with E-state index < -0.39 is 5.60 Å². The van der Waals surface area contributed by atoms with Crippen molar-refractivity contribution in [1.29, 1.82) is 0 Å². The first kappa shape index (κ1) is 16.6. The summed E-state index contributed by atoms with van der Waals surface area (Å²) in [4.78, 5) is 27.8. The fourth-order valence-electron chi connectivity index (χ4n) is 2.22. The monoisotopic (exact) mass is 324 g/mol. The minimum absolute atomic E-state index is 0.102. The highest BCUT2D eigenvalue weighted by Gasteiger charge is 2.28. The summed E-state index contributed by atoms with van der Waals surface area (Å²) >= 11 is 6.06.